The van der Waals surface area contributed by atoms with E-state index in [9.17, 15) is 9.59 Å². The fraction of sp³-hybridized carbons (Fsp3) is 0.933. The number of fused-ring (bicyclic) bond motifs is 8. The lowest BCUT2D eigenvalue weighted by Gasteiger charge is -2.28. The lowest BCUT2D eigenvalue weighted by molar-refractivity contribution is -0.119. The summed E-state index contributed by atoms with van der Waals surface area (Å²) in [6, 6.07) is 3.84. The first-order valence-corrected chi connectivity index (χ1v) is 15.7. The molecule has 5 aliphatic heterocycles. The lowest BCUT2D eigenvalue weighted by Crippen LogP contribution is -2.45. The largest absolute Gasteiger partial charge is 0.370 e. The van der Waals surface area contributed by atoms with Gasteiger partial charge >= 0.3 is 0 Å². The van der Waals surface area contributed by atoms with E-state index in [1.54, 1.807) is 0 Å². The summed E-state index contributed by atoms with van der Waals surface area (Å²) >= 11 is 0. The normalized spacial score (nSPS) is 48.8. The van der Waals surface area contributed by atoms with Gasteiger partial charge in [-0.2, -0.15) is 0 Å². The molecular formula is C30H54N6O2. The fourth-order valence-electron chi connectivity index (χ4n) is 9.41. The second kappa shape index (κ2) is 11.7. The van der Waals surface area contributed by atoms with Crippen molar-refractivity contribution in [3.63, 3.8) is 0 Å². The smallest absolute Gasteiger partial charge is 0.217 e. The molecule has 5 heterocycles. The van der Waals surface area contributed by atoms with E-state index in [2.05, 4.69) is 49.0 Å². The van der Waals surface area contributed by atoms with Crippen LogP contribution >= 0.6 is 0 Å². The SMILES string of the molecule is CC1CC2CC3NC(CC4NC(CC5NC(CC5C)CC1N2)C(C)C4CCC(N)=O)C(CCC(N)=O)C3C. The van der Waals surface area contributed by atoms with Crippen molar-refractivity contribution in [1.82, 2.24) is 21.3 Å². The number of nitrogens with one attached hydrogen (secondary N) is 4. The van der Waals surface area contributed by atoms with Crippen molar-refractivity contribution < 1.29 is 9.59 Å². The van der Waals surface area contributed by atoms with Gasteiger partial charge in [0.1, 0.15) is 0 Å². The highest BCUT2D eigenvalue weighted by Crippen LogP contribution is 2.42. The summed E-state index contributed by atoms with van der Waals surface area (Å²) in [5, 5.41) is 16.3. The van der Waals surface area contributed by atoms with Gasteiger partial charge in [0.15, 0.2) is 0 Å². The zero-order chi connectivity index (χ0) is 27.1. The molecule has 5 aliphatic rings. The molecule has 8 N–H and O–H groups in total. The van der Waals surface area contributed by atoms with E-state index in [0.29, 0.717) is 96.7 Å². The quantitative estimate of drug-likeness (QED) is 0.311. The van der Waals surface area contributed by atoms with E-state index in [1.165, 1.54) is 19.3 Å². The summed E-state index contributed by atoms with van der Waals surface area (Å²) in [7, 11) is 0. The number of carbonyl (C=O) groups is 2. The van der Waals surface area contributed by atoms with Gasteiger partial charge in [0, 0.05) is 61.2 Å². The third-order valence-corrected chi connectivity index (χ3v) is 11.6. The van der Waals surface area contributed by atoms with Gasteiger partial charge in [-0.1, -0.05) is 27.7 Å². The maximum atomic E-state index is 11.8. The summed E-state index contributed by atoms with van der Waals surface area (Å²) in [6.07, 6.45) is 9.65. The van der Waals surface area contributed by atoms with Crippen molar-refractivity contribution in [3.05, 3.63) is 0 Å². The number of rotatable bonds is 6. The molecule has 14 unspecified atom stereocenters. The lowest BCUT2D eigenvalue weighted by atomic mass is 9.78. The molecule has 0 aromatic rings. The van der Waals surface area contributed by atoms with Crippen LogP contribution in [0.4, 0.5) is 0 Å². The van der Waals surface area contributed by atoms with Gasteiger partial charge < -0.3 is 32.7 Å². The first kappa shape index (κ1) is 28.3. The van der Waals surface area contributed by atoms with Crippen molar-refractivity contribution in [3.8, 4) is 0 Å². The highest BCUT2D eigenvalue weighted by molar-refractivity contribution is 5.74. The van der Waals surface area contributed by atoms with Crippen LogP contribution in [0.2, 0.25) is 0 Å². The van der Waals surface area contributed by atoms with E-state index in [-0.39, 0.29) is 11.8 Å². The Bertz CT molecular complexity index is 855. The molecule has 5 rings (SSSR count). The molecule has 2 amide bonds. The number of nitrogens with two attached hydrogens (primary N) is 2. The van der Waals surface area contributed by atoms with Crippen LogP contribution in [0.3, 0.4) is 0 Å². The molecule has 0 saturated carbocycles. The standard InChI is InChI=1S/C30H54N6O2/c1-15-9-20-12-25-17(3)21(5-7-29(31)37)27(35-25)14-28-22(6-8-30(32)38)18(4)26(36-28)13-24-16(2)10-19(34-24)11-23(15)33-20/h15-28,33-36H,5-14H2,1-4H3,(H2,31,37)(H2,32,38). The molecule has 5 saturated heterocycles. The maximum Gasteiger partial charge on any atom is 0.217 e. The molecule has 8 bridgehead atoms. The van der Waals surface area contributed by atoms with E-state index in [4.69, 9.17) is 11.5 Å². The Balaban J connectivity index is 1.41. The Morgan fingerprint density at radius 1 is 0.553 bits per heavy atom. The molecule has 8 nitrogen and oxygen atoms in total. The molecule has 0 aliphatic carbocycles. The predicted octanol–water partition coefficient (Wildman–Crippen LogP) is 2.01. The van der Waals surface area contributed by atoms with Gasteiger partial charge in [0.2, 0.25) is 11.8 Å². The summed E-state index contributed by atoms with van der Waals surface area (Å²) in [6.45, 7) is 9.63. The second-order valence-corrected chi connectivity index (χ2v) is 14.1. The molecule has 0 radical (unpaired) electrons. The van der Waals surface area contributed by atoms with Crippen molar-refractivity contribution in [2.45, 2.75) is 140 Å². The van der Waals surface area contributed by atoms with Gasteiger partial charge in [-0.3, -0.25) is 9.59 Å². The number of amides is 2. The van der Waals surface area contributed by atoms with Gasteiger partial charge in [0.05, 0.1) is 0 Å². The van der Waals surface area contributed by atoms with Crippen molar-refractivity contribution >= 4 is 11.8 Å². The molecule has 216 valence electrons. The molecule has 0 aromatic heterocycles. The first-order chi connectivity index (χ1) is 18.1. The van der Waals surface area contributed by atoms with Crippen molar-refractivity contribution in [1.29, 1.82) is 0 Å². The minimum absolute atomic E-state index is 0.199. The van der Waals surface area contributed by atoms with Gasteiger partial charge in [-0.15, -0.1) is 0 Å². The number of hydrogen-bond donors (Lipinski definition) is 6. The number of carbonyl (C=O) groups excluding carboxylic acids is 2. The monoisotopic (exact) mass is 530 g/mol. The third-order valence-electron chi connectivity index (χ3n) is 11.6. The van der Waals surface area contributed by atoms with E-state index < -0.39 is 0 Å². The third kappa shape index (κ3) is 6.08. The zero-order valence-corrected chi connectivity index (χ0v) is 24.1. The van der Waals surface area contributed by atoms with Crippen LogP contribution in [-0.4, -0.2) is 60.1 Å². The fourth-order valence-corrected chi connectivity index (χ4v) is 9.41. The van der Waals surface area contributed by atoms with E-state index >= 15 is 0 Å². The van der Waals surface area contributed by atoms with Crippen molar-refractivity contribution in [2.75, 3.05) is 0 Å². The minimum atomic E-state index is -0.199. The Morgan fingerprint density at radius 2 is 0.947 bits per heavy atom. The van der Waals surface area contributed by atoms with Gasteiger partial charge in [0.25, 0.3) is 0 Å². The second-order valence-electron chi connectivity index (χ2n) is 14.1. The minimum Gasteiger partial charge on any atom is -0.370 e. The Kier molecular flexibility index (Phi) is 8.73. The Labute approximate surface area is 229 Å². The van der Waals surface area contributed by atoms with Crippen LogP contribution in [-0.2, 0) is 9.59 Å². The molecule has 8 heteroatoms. The number of primary amides is 2. The molecule has 14 atom stereocenters. The van der Waals surface area contributed by atoms with Crippen LogP contribution in [0.25, 0.3) is 0 Å². The molecule has 38 heavy (non-hydrogen) atoms. The van der Waals surface area contributed by atoms with Crippen LogP contribution in [0.1, 0.15) is 91.9 Å². The Hall–Kier alpha value is -1.22. The van der Waals surface area contributed by atoms with Crippen molar-refractivity contribution in [2.24, 2.45) is 47.0 Å². The molecule has 0 spiro atoms. The summed E-state index contributed by atoms with van der Waals surface area (Å²) < 4.78 is 0. The van der Waals surface area contributed by atoms with E-state index in [0.717, 1.165) is 32.1 Å². The Morgan fingerprint density at radius 3 is 1.42 bits per heavy atom. The van der Waals surface area contributed by atoms with Crippen LogP contribution in [0.15, 0.2) is 0 Å². The summed E-state index contributed by atoms with van der Waals surface area (Å²) in [4.78, 5) is 23.5. The predicted molar refractivity (Wildman–Crippen MR) is 151 cm³/mol. The zero-order valence-electron chi connectivity index (χ0n) is 24.1. The topological polar surface area (TPSA) is 134 Å². The van der Waals surface area contributed by atoms with Gasteiger partial charge in [-0.05, 0) is 86.9 Å². The molecule has 5 fully saturated rings. The molecular weight excluding hydrogens is 476 g/mol. The maximum absolute atomic E-state index is 11.8. The molecule has 0 aromatic carbocycles. The summed E-state index contributed by atoms with van der Waals surface area (Å²) in [5.74, 6) is 2.85. The highest BCUT2D eigenvalue weighted by Gasteiger charge is 2.48. The van der Waals surface area contributed by atoms with Gasteiger partial charge in [-0.25, -0.2) is 0 Å². The van der Waals surface area contributed by atoms with Crippen LogP contribution in [0.5, 0.6) is 0 Å². The highest BCUT2D eigenvalue weighted by atomic mass is 16.1. The average molecular weight is 531 g/mol. The van der Waals surface area contributed by atoms with Crippen LogP contribution < -0.4 is 32.7 Å². The average Bonchev–Trinajstić information content (AvgIpc) is 3.53. The van der Waals surface area contributed by atoms with Crippen LogP contribution in [0, 0.1) is 35.5 Å². The number of hydrogen-bond acceptors (Lipinski definition) is 6. The first-order valence-electron chi connectivity index (χ1n) is 15.7. The summed E-state index contributed by atoms with van der Waals surface area (Å²) in [5.41, 5.74) is 11.2. The van der Waals surface area contributed by atoms with E-state index in [1.807, 2.05) is 0 Å².